The molecule has 0 spiro atoms. The van der Waals surface area contributed by atoms with Crippen LogP contribution in [-0.2, 0) is 19.4 Å². The normalized spacial score (nSPS) is 13.0. The van der Waals surface area contributed by atoms with Gasteiger partial charge in [0.15, 0.2) is 5.76 Å². The summed E-state index contributed by atoms with van der Waals surface area (Å²) in [7, 11) is 0. The predicted octanol–water partition coefficient (Wildman–Crippen LogP) is 3.88. The van der Waals surface area contributed by atoms with E-state index in [4.69, 9.17) is 4.42 Å². The highest BCUT2D eigenvalue weighted by Gasteiger charge is 2.15. The fraction of sp³-hybridized carbons (Fsp3) is 0.300. The highest BCUT2D eigenvalue weighted by Crippen LogP contribution is 2.25. The Morgan fingerprint density at radius 3 is 2.80 bits per heavy atom. The van der Waals surface area contributed by atoms with Crippen LogP contribution < -0.4 is 5.32 Å². The number of anilines is 1. The van der Waals surface area contributed by atoms with Crippen LogP contribution in [0, 0.1) is 13.8 Å². The molecule has 128 valence electrons. The van der Waals surface area contributed by atoms with Crippen molar-refractivity contribution >= 4 is 11.6 Å². The second-order valence-electron chi connectivity index (χ2n) is 6.64. The van der Waals surface area contributed by atoms with E-state index in [9.17, 15) is 4.79 Å². The van der Waals surface area contributed by atoms with Gasteiger partial charge in [-0.15, -0.1) is 0 Å². The van der Waals surface area contributed by atoms with E-state index >= 15 is 0 Å². The van der Waals surface area contributed by atoms with E-state index in [0.717, 1.165) is 29.9 Å². The molecular weight excluding hydrogens is 314 g/mol. The van der Waals surface area contributed by atoms with E-state index in [2.05, 4.69) is 22.5 Å². The van der Waals surface area contributed by atoms with Gasteiger partial charge in [-0.1, -0.05) is 6.07 Å². The smallest absolute Gasteiger partial charge is 0.291 e. The number of aromatic nitrogens is 2. The number of furan rings is 1. The van der Waals surface area contributed by atoms with Gasteiger partial charge in [0, 0.05) is 11.4 Å². The lowest BCUT2D eigenvalue weighted by atomic mass is 10.1. The molecule has 25 heavy (non-hydrogen) atoms. The number of carbonyl (C=O) groups excluding carboxylic acids is 1. The number of hydrogen-bond acceptors (Lipinski definition) is 3. The van der Waals surface area contributed by atoms with Gasteiger partial charge in [-0.05, 0) is 74.6 Å². The number of rotatable bonds is 4. The SMILES string of the molecule is Cc1cc(C)n(Cc2ccc(C(=O)Nc3ccc4c(c3)CCC4)o2)n1. The molecule has 1 aliphatic rings. The molecule has 2 heterocycles. The third-order valence-corrected chi connectivity index (χ3v) is 4.65. The Bertz CT molecular complexity index is 936. The van der Waals surface area contributed by atoms with Crippen LogP contribution in [0.1, 0.15) is 45.3 Å². The lowest BCUT2D eigenvalue weighted by Gasteiger charge is -2.06. The van der Waals surface area contributed by atoms with E-state index < -0.39 is 0 Å². The second kappa shape index (κ2) is 6.24. The Labute approximate surface area is 146 Å². The summed E-state index contributed by atoms with van der Waals surface area (Å²) in [5, 5.41) is 7.34. The first kappa shape index (κ1) is 15.7. The van der Waals surface area contributed by atoms with Crippen molar-refractivity contribution in [1.82, 2.24) is 9.78 Å². The maximum absolute atomic E-state index is 12.4. The number of aryl methyl sites for hydroxylation is 4. The van der Waals surface area contributed by atoms with Crippen molar-refractivity contribution in [3.63, 3.8) is 0 Å². The number of nitrogens with one attached hydrogen (secondary N) is 1. The Balaban J connectivity index is 1.46. The zero-order valence-electron chi connectivity index (χ0n) is 14.5. The van der Waals surface area contributed by atoms with Gasteiger partial charge in [-0.2, -0.15) is 5.10 Å². The molecule has 0 aliphatic heterocycles. The van der Waals surface area contributed by atoms with Crippen molar-refractivity contribution in [2.45, 2.75) is 39.7 Å². The minimum atomic E-state index is -0.224. The summed E-state index contributed by atoms with van der Waals surface area (Å²) in [5.41, 5.74) is 5.59. The standard InChI is InChI=1S/C20H21N3O2/c1-13-10-14(2)23(22-13)12-18-8-9-19(25-18)20(24)21-17-7-6-15-4-3-5-16(15)11-17/h6-11H,3-5,12H2,1-2H3,(H,21,24). The number of fused-ring (bicyclic) bond motifs is 1. The zero-order valence-corrected chi connectivity index (χ0v) is 14.5. The lowest BCUT2D eigenvalue weighted by Crippen LogP contribution is -2.11. The molecule has 2 aromatic heterocycles. The number of hydrogen-bond donors (Lipinski definition) is 1. The Morgan fingerprint density at radius 2 is 2.00 bits per heavy atom. The summed E-state index contributed by atoms with van der Waals surface area (Å²) in [5.74, 6) is 0.805. The fourth-order valence-corrected chi connectivity index (χ4v) is 3.41. The summed E-state index contributed by atoms with van der Waals surface area (Å²) in [4.78, 5) is 12.4. The van der Waals surface area contributed by atoms with Gasteiger partial charge in [0.1, 0.15) is 5.76 Å². The van der Waals surface area contributed by atoms with Gasteiger partial charge in [0.2, 0.25) is 0 Å². The molecule has 0 bridgehead atoms. The molecule has 0 unspecified atom stereocenters. The second-order valence-corrected chi connectivity index (χ2v) is 6.64. The number of nitrogens with zero attached hydrogens (tertiary/aromatic N) is 2. The average Bonchev–Trinajstić information content (AvgIpc) is 3.28. The van der Waals surface area contributed by atoms with Crippen LogP contribution in [0.4, 0.5) is 5.69 Å². The summed E-state index contributed by atoms with van der Waals surface area (Å²) in [6, 6.07) is 11.7. The average molecular weight is 335 g/mol. The highest BCUT2D eigenvalue weighted by atomic mass is 16.4. The van der Waals surface area contributed by atoms with Crippen molar-refractivity contribution in [3.8, 4) is 0 Å². The molecule has 1 amide bonds. The molecule has 0 saturated carbocycles. The Morgan fingerprint density at radius 1 is 1.16 bits per heavy atom. The van der Waals surface area contributed by atoms with Crippen LogP contribution in [-0.4, -0.2) is 15.7 Å². The van der Waals surface area contributed by atoms with Crippen LogP contribution in [0.25, 0.3) is 0 Å². The third-order valence-electron chi connectivity index (χ3n) is 4.65. The highest BCUT2D eigenvalue weighted by molar-refractivity contribution is 6.02. The van der Waals surface area contributed by atoms with Crippen molar-refractivity contribution in [1.29, 1.82) is 0 Å². The molecule has 1 aromatic carbocycles. The third kappa shape index (κ3) is 3.22. The van der Waals surface area contributed by atoms with Crippen LogP contribution in [0.5, 0.6) is 0 Å². The number of benzene rings is 1. The molecular formula is C20H21N3O2. The largest absolute Gasteiger partial charge is 0.454 e. The van der Waals surface area contributed by atoms with Gasteiger partial charge < -0.3 is 9.73 Å². The molecule has 1 aliphatic carbocycles. The van der Waals surface area contributed by atoms with Gasteiger partial charge in [0.25, 0.3) is 5.91 Å². The van der Waals surface area contributed by atoms with Crippen molar-refractivity contribution < 1.29 is 9.21 Å². The van der Waals surface area contributed by atoms with Crippen LogP contribution in [0.2, 0.25) is 0 Å². The van der Waals surface area contributed by atoms with E-state index in [1.54, 1.807) is 6.07 Å². The van der Waals surface area contributed by atoms with Crippen LogP contribution in [0.15, 0.2) is 40.8 Å². The van der Waals surface area contributed by atoms with Gasteiger partial charge in [-0.25, -0.2) is 0 Å². The van der Waals surface area contributed by atoms with Crippen LogP contribution in [0.3, 0.4) is 0 Å². The lowest BCUT2D eigenvalue weighted by molar-refractivity contribution is 0.0994. The zero-order chi connectivity index (χ0) is 17.4. The quantitative estimate of drug-likeness (QED) is 0.787. The first-order valence-electron chi connectivity index (χ1n) is 8.61. The maximum atomic E-state index is 12.4. The molecule has 0 radical (unpaired) electrons. The van der Waals surface area contributed by atoms with Gasteiger partial charge >= 0.3 is 0 Å². The minimum absolute atomic E-state index is 0.224. The fourth-order valence-electron chi connectivity index (χ4n) is 3.41. The van der Waals surface area contributed by atoms with Crippen molar-refractivity contribution in [2.75, 3.05) is 5.32 Å². The summed E-state index contributed by atoms with van der Waals surface area (Å²) >= 11 is 0. The topological polar surface area (TPSA) is 60.1 Å². The molecule has 5 nitrogen and oxygen atoms in total. The summed E-state index contributed by atoms with van der Waals surface area (Å²) < 4.78 is 7.58. The number of amides is 1. The summed E-state index contributed by atoms with van der Waals surface area (Å²) in [6.45, 7) is 4.48. The Hall–Kier alpha value is -2.82. The molecule has 4 rings (SSSR count). The first-order chi connectivity index (χ1) is 12.1. The Kier molecular flexibility index (Phi) is 3.92. The van der Waals surface area contributed by atoms with Gasteiger partial charge in [-0.3, -0.25) is 9.48 Å². The molecule has 0 fully saturated rings. The predicted molar refractivity (Wildman–Crippen MR) is 95.9 cm³/mol. The van der Waals surface area contributed by atoms with Gasteiger partial charge in [0.05, 0.1) is 12.2 Å². The van der Waals surface area contributed by atoms with E-state index in [1.807, 2.05) is 36.7 Å². The summed E-state index contributed by atoms with van der Waals surface area (Å²) in [6.07, 6.45) is 3.42. The number of carbonyl (C=O) groups is 1. The van der Waals surface area contributed by atoms with E-state index in [1.165, 1.54) is 17.5 Å². The van der Waals surface area contributed by atoms with Crippen LogP contribution >= 0.6 is 0 Å². The van der Waals surface area contributed by atoms with Crippen molar-refractivity contribution in [3.05, 3.63) is 70.4 Å². The maximum Gasteiger partial charge on any atom is 0.291 e. The monoisotopic (exact) mass is 335 g/mol. The van der Waals surface area contributed by atoms with E-state index in [0.29, 0.717) is 18.1 Å². The first-order valence-corrected chi connectivity index (χ1v) is 8.61. The molecule has 1 N–H and O–H groups in total. The molecule has 3 aromatic rings. The molecule has 0 saturated heterocycles. The minimum Gasteiger partial charge on any atom is -0.454 e. The van der Waals surface area contributed by atoms with Crippen molar-refractivity contribution in [2.24, 2.45) is 0 Å². The molecule has 0 atom stereocenters. The molecule has 5 heteroatoms. The van der Waals surface area contributed by atoms with E-state index in [-0.39, 0.29) is 5.91 Å².